The smallest absolute Gasteiger partial charge is 0.417 e. The minimum atomic E-state index is -4.43. The molecular formula is C16H25F3IN5O2. The maximum Gasteiger partial charge on any atom is 0.417 e. The average molecular weight is 503 g/mol. The van der Waals surface area contributed by atoms with Gasteiger partial charge in [0.05, 0.1) is 18.7 Å². The summed E-state index contributed by atoms with van der Waals surface area (Å²) in [6, 6.07) is 2.07. The summed E-state index contributed by atoms with van der Waals surface area (Å²) < 4.78 is 42.6. The molecule has 1 heterocycles. The number of hydrogen-bond donors (Lipinski definition) is 3. The first-order valence-electron chi connectivity index (χ1n) is 7.93. The number of alkyl halides is 3. The Kier molecular flexibility index (Phi) is 10.4. The fourth-order valence-electron chi connectivity index (χ4n) is 1.81. The van der Waals surface area contributed by atoms with Gasteiger partial charge in [0, 0.05) is 24.8 Å². The van der Waals surface area contributed by atoms with Gasteiger partial charge in [-0.2, -0.15) is 13.2 Å². The van der Waals surface area contributed by atoms with Crippen LogP contribution in [0.1, 0.15) is 26.3 Å². The number of carbonyl (C=O) groups is 1. The van der Waals surface area contributed by atoms with Gasteiger partial charge in [0.2, 0.25) is 11.8 Å². The Hall–Kier alpha value is -1.79. The Morgan fingerprint density at radius 3 is 2.37 bits per heavy atom. The Morgan fingerprint density at radius 2 is 1.89 bits per heavy atom. The molecule has 0 aliphatic rings. The standard InChI is InChI=1S/C16H24F3N5O2.HI/c1-15(2,3)24-12(25)10-23-14(20-4)21-7-8-26-13-6-5-11(9-22-13)16(17,18)19;/h5-6,9H,7-8,10H2,1-4H3,(H,24,25)(H2,20,21,23);1H. The number of aromatic nitrogens is 1. The molecule has 0 fully saturated rings. The fourth-order valence-corrected chi connectivity index (χ4v) is 1.81. The summed E-state index contributed by atoms with van der Waals surface area (Å²) in [6.07, 6.45) is -3.71. The van der Waals surface area contributed by atoms with Crippen LogP contribution in [0.3, 0.4) is 0 Å². The van der Waals surface area contributed by atoms with Crippen LogP contribution in [-0.4, -0.2) is 49.1 Å². The molecular weight excluding hydrogens is 478 g/mol. The largest absolute Gasteiger partial charge is 0.476 e. The molecule has 1 rings (SSSR count). The minimum absolute atomic E-state index is 0. The molecule has 0 atom stereocenters. The van der Waals surface area contributed by atoms with Gasteiger partial charge in [0.25, 0.3) is 0 Å². The number of hydrogen-bond acceptors (Lipinski definition) is 4. The molecule has 0 aliphatic heterocycles. The lowest BCUT2D eigenvalue weighted by atomic mass is 10.1. The molecule has 0 aromatic carbocycles. The van der Waals surface area contributed by atoms with Crippen LogP contribution in [-0.2, 0) is 11.0 Å². The summed E-state index contributed by atoms with van der Waals surface area (Å²) in [5, 5.41) is 8.57. The predicted octanol–water partition coefficient (Wildman–Crippen LogP) is 2.18. The van der Waals surface area contributed by atoms with E-state index < -0.39 is 11.7 Å². The van der Waals surface area contributed by atoms with Gasteiger partial charge in [-0.25, -0.2) is 4.98 Å². The average Bonchev–Trinajstić information content (AvgIpc) is 2.52. The number of pyridine rings is 1. The third-order valence-corrected chi connectivity index (χ3v) is 2.86. The summed E-state index contributed by atoms with van der Waals surface area (Å²) in [5.41, 5.74) is -1.15. The van der Waals surface area contributed by atoms with Gasteiger partial charge in [0.15, 0.2) is 5.96 Å². The van der Waals surface area contributed by atoms with Crippen LogP contribution in [0.2, 0.25) is 0 Å². The molecule has 1 amide bonds. The molecule has 7 nitrogen and oxygen atoms in total. The second-order valence-electron chi connectivity index (χ2n) is 6.38. The van der Waals surface area contributed by atoms with E-state index in [0.717, 1.165) is 18.3 Å². The van der Waals surface area contributed by atoms with E-state index in [1.807, 2.05) is 20.8 Å². The molecule has 0 saturated heterocycles. The van der Waals surface area contributed by atoms with E-state index in [1.165, 1.54) is 0 Å². The van der Waals surface area contributed by atoms with Gasteiger partial charge in [-0.3, -0.25) is 9.79 Å². The fraction of sp³-hybridized carbons (Fsp3) is 0.562. The Bertz CT molecular complexity index is 616. The second kappa shape index (κ2) is 11.1. The number of nitrogens with one attached hydrogen (secondary N) is 3. The number of amides is 1. The maximum absolute atomic E-state index is 12.4. The molecule has 1 aromatic rings. The lowest BCUT2D eigenvalue weighted by Crippen LogP contribution is -2.48. The van der Waals surface area contributed by atoms with Crippen LogP contribution in [0, 0.1) is 0 Å². The SMILES string of the molecule is CN=C(NCCOc1ccc(C(F)(F)F)cn1)NCC(=O)NC(C)(C)C.I. The summed E-state index contributed by atoms with van der Waals surface area (Å²) in [5.74, 6) is 0.316. The van der Waals surface area contributed by atoms with E-state index in [2.05, 4.69) is 25.9 Å². The molecule has 0 saturated carbocycles. The maximum atomic E-state index is 12.4. The number of aliphatic imine (C=N–C) groups is 1. The number of halogens is 4. The van der Waals surface area contributed by atoms with Gasteiger partial charge in [-0.05, 0) is 26.8 Å². The van der Waals surface area contributed by atoms with Crippen LogP contribution >= 0.6 is 24.0 Å². The third kappa shape index (κ3) is 10.8. The second-order valence-corrected chi connectivity index (χ2v) is 6.38. The van der Waals surface area contributed by atoms with Crippen molar-refractivity contribution in [1.29, 1.82) is 0 Å². The Labute approximate surface area is 173 Å². The van der Waals surface area contributed by atoms with Crippen molar-refractivity contribution in [3.8, 4) is 5.88 Å². The zero-order chi connectivity index (χ0) is 19.8. The molecule has 11 heteroatoms. The van der Waals surface area contributed by atoms with Crippen molar-refractivity contribution in [2.24, 2.45) is 4.99 Å². The Balaban J connectivity index is 0.00000676. The van der Waals surface area contributed by atoms with Crippen molar-refractivity contribution in [2.75, 3.05) is 26.7 Å². The highest BCUT2D eigenvalue weighted by Gasteiger charge is 2.30. The highest BCUT2D eigenvalue weighted by Crippen LogP contribution is 2.29. The Morgan fingerprint density at radius 1 is 1.22 bits per heavy atom. The third-order valence-electron chi connectivity index (χ3n) is 2.86. The van der Waals surface area contributed by atoms with Crippen molar-refractivity contribution >= 4 is 35.8 Å². The predicted molar refractivity (Wildman–Crippen MR) is 107 cm³/mol. The van der Waals surface area contributed by atoms with Crippen LogP contribution in [0.5, 0.6) is 5.88 Å². The monoisotopic (exact) mass is 503 g/mol. The molecule has 0 radical (unpaired) electrons. The minimum Gasteiger partial charge on any atom is -0.476 e. The zero-order valence-corrected chi connectivity index (χ0v) is 17.9. The number of ether oxygens (including phenoxy) is 1. The number of rotatable bonds is 6. The van der Waals surface area contributed by atoms with E-state index >= 15 is 0 Å². The number of nitrogens with zero attached hydrogens (tertiary/aromatic N) is 2. The topological polar surface area (TPSA) is 87.6 Å². The van der Waals surface area contributed by atoms with E-state index in [0.29, 0.717) is 12.5 Å². The first kappa shape index (κ1) is 25.2. The van der Waals surface area contributed by atoms with Gasteiger partial charge < -0.3 is 20.7 Å². The number of carbonyl (C=O) groups excluding carboxylic acids is 1. The van der Waals surface area contributed by atoms with Crippen LogP contribution in [0.15, 0.2) is 23.3 Å². The van der Waals surface area contributed by atoms with Crippen LogP contribution in [0.25, 0.3) is 0 Å². The first-order valence-corrected chi connectivity index (χ1v) is 7.93. The van der Waals surface area contributed by atoms with Crippen LogP contribution < -0.4 is 20.7 Å². The van der Waals surface area contributed by atoms with E-state index in [4.69, 9.17) is 4.74 Å². The first-order chi connectivity index (χ1) is 12.0. The summed E-state index contributed by atoms with van der Waals surface area (Å²) in [7, 11) is 1.55. The van der Waals surface area contributed by atoms with Crippen molar-refractivity contribution in [3.05, 3.63) is 23.9 Å². The molecule has 154 valence electrons. The van der Waals surface area contributed by atoms with Gasteiger partial charge in [-0.15, -0.1) is 24.0 Å². The van der Waals surface area contributed by atoms with E-state index in [9.17, 15) is 18.0 Å². The highest BCUT2D eigenvalue weighted by atomic mass is 127. The van der Waals surface area contributed by atoms with Crippen molar-refractivity contribution in [3.63, 3.8) is 0 Å². The summed E-state index contributed by atoms with van der Waals surface area (Å²) in [6.45, 7) is 6.18. The lowest BCUT2D eigenvalue weighted by Gasteiger charge is -2.21. The van der Waals surface area contributed by atoms with Crippen molar-refractivity contribution < 1.29 is 22.7 Å². The van der Waals surface area contributed by atoms with Crippen molar-refractivity contribution in [2.45, 2.75) is 32.5 Å². The molecule has 1 aromatic heterocycles. The normalized spacial score (nSPS) is 12.0. The molecule has 0 unspecified atom stereocenters. The molecule has 27 heavy (non-hydrogen) atoms. The molecule has 0 aliphatic carbocycles. The van der Waals surface area contributed by atoms with Gasteiger partial charge in [-0.1, -0.05) is 0 Å². The molecule has 3 N–H and O–H groups in total. The van der Waals surface area contributed by atoms with Crippen molar-refractivity contribution in [1.82, 2.24) is 20.9 Å². The quantitative estimate of drug-likeness (QED) is 0.240. The lowest BCUT2D eigenvalue weighted by molar-refractivity contribution is -0.137. The van der Waals surface area contributed by atoms with Gasteiger partial charge >= 0.3 is 6.18 Å². The molecule has 0 spiro atoms. The highest BCUT2D eigenvalue weighted by molar-refractivity contribution is 14.0. The van der Waals surface area contributed by atoms with Crippen LogP contribution in [0.4, 0.5) is 13.2 Å². The number of guanidine groups is 1. The van der Waals surface area contributed by atoms with E-state index in [1.54, 1.807) is 7.05 Å². The summed E-state index contributed by atoms with van der Waals surface area (Å²) in [4.78, 5) is 19.3. The molecule has 0 bridgehead atoms. The summed E-state index contributed by atoms with van der Waals surface area (Å²) >= 11 is 0. The van der Waals surface area contributed by atoms with E-state index in [-0.39, 0.29) is 54.5 Å². The zero-order valence-electron chi connectivity index (χ0n) is 15.6. The van der Waals surface area contributed by atoms with Gasteiger partial charge in [0.1, 0.15) is 6.61 Å².